The molecule has 2 amide bonds. The van der Waals surface area contributed by atoms with Crippen molar-refractivity contribution in [3.63, 3.8) is 0 Å². The van der Waals surface area contributed by atoms with Gasteiger partial charge in [-0.3, -0.25) is 9.59 Å². The molecule has 4 rings (SSSR count). The van der Waals surface area contributed by atoms with Gasteiger partial charge in [0.05, 0.1) is 0 Å². The summed E-state index contributed by atoms with van der Waals surface area (Å²) in [6, 6.07) is 9.86. The number of amides is 2. The monoisotopic (exact) mass is 353 g/mol. The number of aromatic nitrogens is 1. The summed E-state index contributed by atoms with van der Waals surface area (Å²) in [5.74, 6) is 0.436. The molecule has 5 heteroatoms. The molecule has 26 heavy (non-hydrogen) atoms. The number of aromatic amines is 1. The molecule has 0 unspecified atom stereocenters. The first kappa shape index (κ1) is 17.1. The van der Waals surface area contributed by atoms with E-state index in [4.69, 9.17) is 0 Å². The quantitative estimate of drug-likeness (QED) is 0.899. The fraction of sp³-hybridized carbons (Fsp3) is 0.524. The van der Waals surface area contributed by atoms with Crippen LogP contribution in [0.1, 0.15) is 49.0 Å². The van der Waals surface area contributed by atoms with Crippen LogP contribution in [-0.2, 0) is 4.79 Å². The lowest BCUT2D eigenvalue weighted by Crippen LogP contribution is -2.44. The van der Waals surface area contributed by atoms with E-state index < -0.39 is 0 Å². The minimum Gasteiger partial charge on any atom is -0.351 e. The van der Waals surface area contributed by atoms with Gasteiger partial charge in [0.15, 0.2) is 0 Å². The van der Waals surface area contributed by atoms with E-state index in [2.05, 4.69) is 9.88 Å². The van der Waals surface area contributed by atoms with Gasteiger partial charge in [0.2, 0.25) is 5.91 Å². The summed E-state index contributed by atoms with van der Waals surface area (Å²) in [6.07, 6.45) is 6.29. The normalized spacial score (nSPS) is 19.5. The van der Waals surface area contributed by atoms with Gasteiger partial charge in [0.25, 0.3) is 5.91 Å². The number of H-pyrrole nitrogens is 1. The standard InChI is InChI=1S/C21H27N3O2/c25-20(23-11-5-1-2-6-12-23)16-9-13-24(14-10-16)21(26)19-15-17-7-3-4-8-18(17)22-19/h3-4,7-8,15-16,22H,1-2,5-6,9-14H2. The maximum atomic E-state index is 12.8. The van der Waals surface area contributed by atoms with Crippen molar-refractivity contribution in [3.05, 3.63) is 36.0 Å². The lowest BCUT2D eigenvalue weighted by molar-refractivity contribution is -0.136. The van der Waals surface area contributed by atoms with Crippen molar-refractivity contribution in [2.45, 2.75) is 38.5 Å². The smallest absolute Gasteiger partial charge is 0.270 e. The number of carbonyl (C=O) groups is 2. The van der Waals surface area contributed by atoms with Gasteiger partial charge in [-0.15, -0.1) is 0 Å². The van der Waals surface area contributed by atoms with E-state index in [-0.39, 0.29) is 11.8 Å². The van der Waals surface area contributed by atoms with Gasteiger partial charge in [-0.05, 0) is 37.8 Å². The van der Waals surface area contributed by atoms with E-state index in [0.29, 0.717) is 24.7 Å². The van der Waals surface area contributed by atoms with Crippen LogP contribution in [-0.4, -0.2) is 52.8 Å². The Morgan fingerprint density at radius 2 is 1.58 bits per heavy atom. The third-order valence-corrected chi connectivity index (χ3v) is 5.81. The number of piperidine rings is 1. The minimum atomic E-state index is 0.0434. The highest BCUT2D eigenvalue weighted by atomic mass is 16.2. The summed E-state index contributed by atoms with van der Waals surface area (Å²) in [5.41, 5.74) is 1.63. The van der Waals surface area contributed by atoms with Crippen LogP contribution in [0.3, 0.4) is 0 Å². The fourth-order valence-corrected chi connectivity index (χ4v) is 4.24. The highest BCUT2D eigenvalue weighted by molar-refractivity contribution is 5.98. The molecule has 3 heterocycles. The van der Waals surface area contributed by atoms with Crippen LogP contribution in [0, 0.1) is 5.92 Å². The molecule has 5 nitrogen and oxygen atoms in total. The molecule has 1 N–H and O–H groups in total. The van der Waals surface area contributed by atoms with Crippen molar-refractivity contribution < 1.29 is 9.59 Å². The van der Waals surface area contributed by atoms with Gasteiger partial charge in [-0.2, -0.15) is 0 Å². The summed E-state index contributed by atoms with van der Waals surface area (Å²) in [7, 11) is 0. The summed E-state index contributed by atoms with van der Waals surface area (Å²) in [6.45, 7) is 3.15. The van der Waals surface area contributed by atoms with Crippen molar-refractivity contribution in [2.75, 3.05) is 26.2 Å². The molecule has 2 aliphatic heterocycles. The number of rotatable bonds is 2. The highest BCUT2D eigenvalue weighted by Crippen LogP contribution is 2.24. The number of likely N-dealkylation sites (tertiary alicyclic amines) is 2. The Morgan fingerprint density at radius 3 is 2.27 bits per heavy atom. The van der Waals surface area contributed by atoms with Crippen LogP contribution in [0.5, 0.6) is 0 Å². The lowest BCUT2D eigenvalue weighted by Gasteiger charge is -2.33. The van der Waals surface area contributed by atoms with E-state index in [1.807, 2.05) is 35.2 Å². The van der Waals surface area contributed by atoms with Gasteiger partial charge >= 0.3 is 0 Å². The van der Waals surface area contributed by atoms with Crippen LogP contribution in [0.2, 0.25) is 0 Å². The Labute approximate surface area is 154 Å². The van der Waals surface area contributed by atoms with E-state index in [1.165, 1.54) is 12.8 Å². The van der Waals surface area contributed by atoms with Crippen LogP contribution in [0.4, 0.5) is 0 Å². The molecule has 2 saturated heterocycles. The topological polar surface area (TPSA) is 56.4 Å². The van der Waals surface area contributed by atoms with Gasteiger partial charge < -0.3 is 14.8 Å². The van der Waals surface area contributed by atoms with E-state index >= 15 is 0 Å². The molecule has 0 aliphatic carbocycles. The highest BCUT2D eigenvalue weighted by Gasteiger charge is 2.31. The zero-order valence-corrected chi connectivity index (χ0v) is 15.2. The molecular weight excluding hydrogens is 326 g/mol. The zero-order valence-electron chi connectivity index (χ0n) is 15.2. The van der Waals surface area contributed by atoms with E-state index in [0.717, 1.165) is 49.7 Å². The molecule has 2 aromatic rings. The molecule has 0 atom stereocenters. The van der Waals surface area contributed by atoms with Gasteiger partial charge in [0, 0.05) is 43.0 Å². The molecule has 1 aromatic heterocycles. The SMILES string of the molecule is O=C(c1cc2ccccc2[nH]1)N1CCC(C(=O)N2CCCCCC2)CC1. The summed E-state index contributed by atoms with van der Waals surface area (Å²) in [4.78, 5) is 32.7. The largest absolute Gasteiger partial charge is 0.351 e. The Morgan fingerprint density at radius 1 is 0.885 bits per heavy atom. The third kappa shape index (κ3) is 3.48. The molecule has 2 fully saturated rings. The Hall–Kier alpha value is -2.30. The minimum absolute atomic E-state index is 0.0434. The molecule has 0 spiro atoms. The fourth-order valence-electron chi connectivity index (χ4n) is 4.24. The van der Waals surface area contributed by atoms with Gasteiger partial charge in [-0.1, -0.05) is 31.0 Å². The van der Waals surface area contributed by atoms with Crippen LogP contribution in [0.25, 0.3) is 10.9 Å². The first-order valence-electron chi connectivity index (χ1n) is 9.88. The number of hydrogen-bond donors (Lipinski definition) is 1. The van der Waals surface area contributed by atoms with Crippen molar-refractivity contribution in [1.29, 1.82) is 0 Å². The van der Waals surface area contributed by atoms with Crippen molar-refractivity contribution >= 4 is 22.7 Å². The Balaban J connectivity index is 1.36. The summed E-state index contributed by atoms with van der Waals surface area (Å²) < 4.78 is 0. The molecule has 0 bridgehead atoms. The molecule has 138 valence electrons. The van der Waals surface area contributed by atoms with Gasteiger partial charge in [0.1, 0.15) is 5.69 Å². The Kier molecular flexibility index (Phi) is 4.96. The van der Waals surface area contributed by atoms with E-state index in [9.17, 15) is 9.59 Å². The number of nitrogens with zero attached hydrogens (tertiary/aromatic N) is 2. The maximum absolute atomic E-state index is 12.8. The van der Waals surface area contributed by atoms with Crippen molar-refractivity contribution in [1.82, 2.24) is 14.8 Å². The molecule has 0 radical (unpaired) electrons. The average Bonchev–Trinajstić information content (AvgIpc) is 2.93. The Bertz CT molecular complexity index is 748. The molecule has 0 saturated carbocycles. The predicted molar refractivity (Wildman–Crippen MR) is 102 cm³/mol. The first-order chi connectivity index (χ1) is 12.7. The summed E-state index contributed by atoms with van der Waals surface area (Å²) >= 11 is 0. The summed E-state index contributed by atoms with van der Waals surface area (Å²) in [5, 5.41) is 1.06. The second-order valence-corrected chi connectivity index (χ2v) is 7.58. The number of nitrogens with one attached hydrogen (secondary N) is 1. The molecular formula is C21H27N3O2. The number of para-hydroxylation sites is 1. The lowest BCUT2D eigenvalue weighted by atomic mass is 9.95. The second kappa shape index (κ2) is 7.52. The number of hydrogen-bond acceptors (Lipinski definition) is 2. The number of benzene rings is 1. The van der Waals surface area contributed by atoms with Gasteiger partial charge in [-0.25, -0.2) is 0 Å². The number of fused-ring (bicyclic) bond motifs is 1. The second-order valence-electron chi connectivity index (χ2n) is 7.58. The molecule has 1 aromatic carbocycles. The molecule has 2 aliphatic rings. The average molecular weight is 353 g/mol. The predicted octanol–water partition coefficient (Wildman–Crippen LogP) is 3.42. The zero-order chi connectivity index (χ0) is 17.9. The van der Waals surface area contributed by atoms with Crippen LogP contribution in [0.15, 0.2) is 30.3 Å². The van der Waals surface area contributed by atoms with Crippen molar-refractivity contribution in [3.8, 4) is 0 Å². The number of carbonyl (C=O) groups excluding carboxylic acids is 2. The maximum Gasteiger partial charge on any atom is 0.270 e. The van der Waals surface area contributed by atoms with Crippen LogP contribution >= 0.6 is 0 Å². The third-order valence-electron chi connectivity index (χ3n) is 5.81. The van der Waals surface area contributed by atoms with Crippen LogP contribution < -0.4 is 0 Å². The first-order valence-corrected chi connectivity index (χ1v) is 9.88. The van der Waals surface area contributed by atoms with E-state index in [1.54, 1.807) is 0 Å². The van der Waals surface area contributed by atoms with Crippen molar-refractivity contribution in [2.24, 2.45) is 5.92 Å².